The number of carbonyl (C=O) groups excluding carboxylic acids is 2. The number of carbonyl (C=O) groups is 2. The number of pyridine rings is 1. The molecule has 2 aromatic heterocycles. The summed E-state index contributed by atoms with van der Waals surface area (Å²) in [7, 11) is 1.74. The Morgan fingerprint density at radius 3 is 2.39 bits per heavy atom. The molecule has 9 nitrogen and oxygen atoms in total. The summed E-state index contributed by atoms with van der Waals surface area (Å²) in [6.07, 6.45) is 1.39. The summed E-state index contributed by atoms with van der Waals surface area (Å²) in [4.78, 5) is 40.9. The highest BCUT2D eigenvalue weighted by molar-refractivity contribution is 6.04. The summed E-state index contributed by atoms with van der Waals surface area (Å²) in [6, 6.07) is 8.47. The molecule has 1 aliphatic heterocycles. The van der Waals surface area contributed by atoms with Gasteiger partial charge >= 0.3 is 0 Å². The molecule has 0 radical (unpaired) electrons. The summed E-state index contributed by atoms with van der Waals surface area (Å²) in [5.74, 6) is -0.453. The van der Waals surface area contributed by atoms with Gasteiger partial charge in [-0.15, -0.1) is 0 Å². The molecule has 2 amide bonds. The van der Waals surface area contributed by atoms with E-state index in [0.717, 1.165) is 5.69 Å². The van der Waals surface area contributed by atoms with Gasteiger partial charge in [0.15, 0.2) is 11.4 Å². The Bertz CT molecular complexity index is 1390. The molecule has 3 heterocycles. The largest absolute Gasteiger partial charge is 0.488 e. The SMILES string of the molecule is CCc1cc2c(c(OC(C)C)c(C(=O)NC3CCN(C(=O)CO)CC3)n2C)c(=O)n1-c1ccc(CF)cc1. The molecule has 0 bridgehead atoms. The number of likely N-dealkylation sites (tertiary alicyclic amines) is 1. The van der Waals surface area contributed by atoms with Gasteiger partial charge in [0.25, 0.3) is 11.5 Å². The molecule has 1 fully saturated rings. The number of rotatable bonds is 8. The van der Waals surface area contributed by atoms with Crippen molar-refractivity contribution in [1.82, 2.24) is 19.4 Å². The maximum absolute atomic E-state index is 14.0. The Morgan fingerprint density at radius 1 is 1.18 bits per heavy atom. The van der Waals surface area contributed by atoms with Crippen molar-refractivity contribution in [3.8, 4) is 11.4 Å². The minimum Gasteiger partial charge on any atom is -0.488 e. The number of aryl methyl sites for hydroxylation is 2. The highest BCUT2D eigenvalue weighted by Gasteiger charge is 2.30. The van der Waals surface area contributed by atoms with E-state index in [-0.39, 0.29) is 41.0 Å². The van der Waals surface area contributed by atoms with Gasteiger partial charge in [0.2, 0.25) is 5.91 Å². The number of ether oxygens (including phenoxy) is 1. The van der Waals surface area contributed by atoms with Crippen molar-refractivity contribution in [3.63, 3.8) is 0 Å². The molecular formula is C28H35FN4O5. The van der Waals surface area contributed by atoms with Crippen LogP contribution in [-0.2, 0) is 24.9 Å². The number of halogens is 1. The van der Waals surface area contributed by atoms with Gasteiger partial charge in [-0.1, -0.05) is 19.1 Å². The lowest BCUT2D eigenvalue weighted by atomic mass is 10.0. The van der Waals surface area contributed by atoms with Crippen LogP contribution >= 0.6 is 0 Å². The van der Waals surface area contributed by atoms with Gasteiger partial charge in [0.1, 0.15) is 18.7 Å². The molecule has 1 aliphatic rings. The van der Waals surface area contributed by atoms with Crippen LogP contribution in [0, 0.1) is 0 Å². The second-order valence-corrected chi connectivity index (χ2v) is 9.88. The van der Waals surface area contributed by atoms with Crippen molar-refractivity contribution in [2.45, 2.75) is 58.9 Å². The second-order valence-electron chi connectivity index (χ2n) is 9.88. The smallest absolute Gasteiger partial charge is 0.272 e. The Labute approximate surface area is 220 Å². The van der Waals surface area contributed by atoms with Crippen LogP contribution in [0.4, 0.5) is 4.39 Å². The number of aliphatic hydroxyl groups excluding tert-OH is 1. The summed E-state index contributed by atoms with van der Waals surface area (Å²) in [6.45, 7) is 5.39. The molecular weight excluding hydrogens is 491 g/mol. The summed E-state index contributed by atoms with van der Waals surface area (Å²) in [5.41, 5.74) is 2.42. The molecule has 0 atom stereocenters. The number of aliphatic hydroxyl groups is 1. The normalized spacial score (nSPS) is 14.3. The number of hydrogen-bond acceptors (Lipinski definition) is 5. The average molecular weight is 527 g/mol. The number of hydrogen-bond donors (Lipinski definition) is 2. The first-order valence-electron chi connectivity index (χ1n) is 13.0. The first kappa shape index (κ1) is 27.4. The lowest BCUT2D eigenvalue weighted by molar-refractivity contribution is -0.135. The molecule has 0 spiro atoms. The molecule has 204 valence electrons. The van der Waals surface area contributed by atoms with Crippen LogP contribution in [0.1, 0.15) is 55.4 Å². The number of nitrogens with zero attached hydrogens (tertiary/aromatic N) is 3. The van der Waals surface area contributed by atoms with E-state index in [1.54, 1.807) is 45.3 Å². The van der Waals surface area contributed by atoms with E-state index >= 15 is 0 Å². The third-order valence-corrected chi connectivity index (χ3v) is 7.00. The van der Waals surface area contributed by atoms with Crippen LogP contribution in [0.3, 0.4) is 0 Å². The Balaban J connectivity index is 1.78. The molecule has 0 unspecified atom stereocenters. The standard InChI is InChI=1S/C28H35FN4O5/c1-5-20-14-22-24(28(37)33(20)21-8-6-18(15-29)7-9-21)26(38-17(2)3)25(31(22)4)27(36)30-19-10-12-32(13-11-19)23(35)16-34/h6-9,14,17,19,34H,5,10-13,15-16H2,1-4H3,(H,30,36). The molecule has 0 aliphatic carbocycles. The zero-order chi connectivity index (χ0) is 27.6. The minimum absolute atomic E-state index is 0.160. The number of aromatic nitrogens is 2. The van der Waals surface area contributed by atoms with Crippen LogP contribution in [0.15, 0.2) is 35.1 Å². The number of piperidine rings is 1. The zero-order valence-corrected chi connectivity index (χ0v) is 22.3. The highest BCUT2D eigenvalue weighted by Crippen LogP contribution is 2.33. The third kappa shape index (κ3) is 5.18. The van der Waals surface area contributed by atoms with Crippen molar-refractivity contribution < 1.29 is 23.8 Å². The van der Waals surface area contributed by atoms with Gasteiger partial charge in [-0.25, -0.2) is 4.39 Å². The molecule has 0 saturated carbocycles. The molecule has 1 aromatic carbocycles. The van der Waals surface area contributed by atoms with Crippen LogP contribution in [0.2, 0.25) is 0 Å². The van der Waals surface area contributed by atoms with Gasteiger partial charge in [0.05, 0.1) is 11.6 Å². The van der Waals surface area contributed by atoms with Crippen LogP contribution in [-0.4, -0.2) is 62.8 Å². The number of fused-ring (bicyclic) bond motifs is 1. The topological polar surface area (TPSA) is 106 Å². The van der Waals surface area contributed by atoms with Crippen molar-refractivity contribution in [2.75, 3.05) is 19.7 Å². The van der Waals surface area contributed by atoms with E-state index in [4.69, 9.17) is 9.84 Å². The predicted molar refractivity (Wildman–Crippen MR) is 143 cm³/mol. The minimum atomic E-state index is -0.588. The quantitative estimate of drug-likeness (QED) is 0.470. The second kappa shape index (κ2) is 11.4. The monoisotopic (exact) mass is 526 g/mol. The lowest BCUT2D eigenvalue weighted by Crippen LogP contribution is -2.47. The zero-order valence-electron chi connectivity index (χ0n) is 22.3. The van der Waals surface area contributed by atoms with Gasteiger partial charge in [-0.2, -0.15) is 0 Å². The predicted octanol–water partition coefficient (Wildman–Crippen LogP) is 2.86. The molecule has 4 rings (SSSR count). The summed E-state index contributed by atoms with van der Waals surface area (Å²) >= 11 is 0. The summed E-state index contributed by atoms with van der Waals surface area (Å²) < 4.78 is 22.5. The van der Waals surface area contributed by atoms with Crippen molar-refractivity contribution in [3.05, 3.63) is 57.6 Å². The van der Waals surface area contributed by atoms with Gasteiger partial charge in [-0.05, 0) is 56.9 Å². The Morgan fingerprint density at radius 2 is 1.84 bits per heavy atom. The van der Waals surface area contributed by atoms with Gasteiger partial charge < -0.3 is 24.6 Å². The van der Waals surface area contributed by atoms with E-state index in [1.165, 1.54) is 0 Å². The van der Waals surface area contributed by atoms with Crippen LogP contribution < -0.4 is 15.6 Å². The maximum Gasteiger partial charge on any atom is 0.272 e. The van der Waals surface area contributed by atoms with Crippen molar-refractivity contribution >= 4 is 22.7 Å². The number of alkyl halides is 1. The van der Waals surface area contributed by atoms with Gasteiger partial charge in [0, 0.05) is 37.6 Å². The van der Waals surface area contributed by atoms with Crippen molar-refractivity contribution in [2.24, 2.45) is 7.05 Å². The van der Waals surface area contributed by atoms with E-state index < -0.39 is 13.3 Å². The number of benzene rings is 1. The number of nitrogens with one attached hydrogen (secondary N) is 1. The van der Waals surface area contributed by atoms with Gasteiger partial charge in [-0.3, -0.25) is 19.0 Å². The van der Waals surface area contributed by atoms with E-state index in [9.17, 15) is 18.8 Å². The summed E-state index contributed by atoms with van der Waals surface area (Å²) in [5, 5.41) is 12.5. The van der Waals surface area contributed by atoms with E-state index in [1.807, 2.05) is 26.8 Å². The molecule has 2 N–H and O–H groups in total. The average Bonchev–Trinajstić information content (AvgIpc) is 3.19. The fourth-order valence-corrected chi connectivity index (χ4v) is 5.03. The fourth-order valence-electron chi connectivity index (χ4n) is 5.03. The van der Waals surface area contributed by atoms with E-state index in [0.29, 0.717) is 54.5 Å². The van der Waals surface area contributed by atoms with Crippen LogP contribution in [0.5, 0.6) is 5.75 Å². The highest BCUT2D eigenvalue weighted by atomic mass is 19.1. The van der Waals surface area contributed by atoms with Crippen molar-refractivity contribution in [1.29, 1.82) is 0 Å². The Hall–Kier alpha value is -3.66. The molecule has 3 aromatic rings. The molecule has 38 heavy (non-hydrogen) atoms. The van der Waals surface area contributed by atoms with Crippen LogP contribution in [0.25, 0.3) is 16.6 Å². The first-order chi connectivity index (χ1) is 18.2. The lowest BCUT2D eigenvalue weighted by Gasteiger charge is -2.32. The number of amides is 2. The third-order valence-electron chi connectivity index (χ3n) is 7.00. The Kier molecular flexibility index (Phi) is 8.20. The molecule has 10 heteroatoms. The van der Waals surface area contributed by atoms with E-state index in [2.05, 4.69) is 5.32 Å². The first-order valence-corrected chi connectivity index (χ1v) is 13.0. The molecule has 1 saturated heterocycles. The fraction of sp³-hybridized carbons (Fsp3) is 0.464. The maximum atomic E-state index is 14.0.